The first kappa shape index (κ1) is 18.8. The highest BCUT2D eigenvalue weighted by Crippen LogP contribution is 2.38. The standard InChI is InChI=1S/C17H14N2O6S2/c1-25-9-2-3-11-10(5-9)8(7-18-11)4-13-15(22)19(17(26)27-13)12(16(23)24)6-14(20)21/h2-5,7,12,22H,6H2,1H3,(H,20,21)(H,23,24)/b8-4+. The van der Waals surface area contributed by atoms with Gasteiger partial charge >= 0.3 is 11.9 Å². The number of hydrogen-bond donors (Lipinski definition) is 3. The third-order valence-electron chi connectivity index (χ3n) is 3.95. The quantitative estimate of drug-likeness (QED) is 0.629. The van der Waals surface area contributed by atoms with Crippen LogP contribution in [0, 0.1) is 3.95 Å². The lowest BCUT2D eigenvalue weighted by Gasteiger charge is -2.12. The number of carboxylic acid groups (broad SMARTS) is 2. The van der Waals surface area contributed by atoms with Gasteiger partial charge in [-0.1, -0.05) is 0 Å². The van der Waals surface area contributed by atoms with E-state index in [4.69, 9.17) is 22.1 Å². The second-order valence-corrected chi connectivity index (χ2v) is 7.29. The number of allylic oxidation sites excluding steroid dienone is 1. The minimum absolute atomic E-state index is 0.0637. The van der Waals surface area contributed by atoms with Gasteiger partial charge in [-0.2, -0.15) is 0 Å². The van der Waals surface area contributed by atoms with Gasteiger partial charge in [0.1, 0.15) is 11.8 Å². The van der Waals surface area contributed by atoms with E-state index in [1.165, 1.54) is 0 Å². The van der Waals surface area contributed by atoms with E-state index in [0.29, 0.717) is 16.2 Å². The van der Waals surface area contributed by atoms with Crippen LogP contribution in [0.1, 0.15) is 22.9 Å². The summed E-state index contributed by atoms with van der Waals surface area (Å²) in [5, 5.41) is 28.7. The van der Waals surface area contributed by atoms with E-state index >= 15 is 0 Å². The predicted molar refractivity (Wildman–Crippen MR) is 103 cm³/mol. The van der Waals surface area contributed by atoms with Crippen molar-refractivity contribution in [3.63, 3.8) is 0 Å². The van der Waals surface area contributed by atoms with Gasteiger partial charge in [0, 0.05) is 17.4 Å². The largest absolute Gasteiger partial charge is 0.497 e. The molecule has 0 radical (unpaired) electrons. The van der Waals surface area contributed by atoms with Crippen LogP contribution in [-0.4, -0.2) is 45.1 Å². The third-order valence-corrected chi connectivity index (χ3v) is 5.29. The summed E-state index contributed by atoms with van der Waals surface area (Å²) in [4.78, 5) is 27.0. The smallest absolute Gasteiger partial charge is 0.327 e. The molecule has 140 valence electrons. The molecule has 0 saturated heterocycles. The SMILES string of the molecule is COc1ccc2c(c1)/C(=C/c1sc(=S)n(C(CC(=O)O)C(=O)O)c1O)C=N2. The number of aromatic nitrogens is 1. The number of methoxy groups -OCH3 is 1. The molecule has 0 fully saturated rings. The lowest BCUT2D eigenvalue weighted by molar-refractivity contribution is -0.147. The highest BCUT2D eigenvalue weighted by atomic mass is 32.1. The van der Waals surface area contributed by atoms with E-state index in [1.54, 1.807) is 37.6 Å². The maximum atomic E-state index is 11.4. The van der Waals surface area contributed by atoms with Gasteiger partial charge in [-0.15, -0.1) is 11.3 Å². The predicted octanol–water partition coefficient (Wildman–Crippen LogP) is 3.35. The van der Waals surface area contributed by atoms with Crippen molar-refractivity contribution in [1.82, 2.24) is 4.57 Å². The van der Waals surface area contributed by atoms with E-state index in [1.807, 2.05) is 0 Å². The summed E-state index contributed by atoms with van der Waals surface area (Å²) < 4.78 is 6.22. The molecule has 1 aliphatic rings. The summed E-state index contributed by atoms with van der Waals surface area (Å²) in [6, 6.07) is 3.88. The summed E-state index contributed by atoms with van der Waals surface area (Å²) >= 11 is 6.14. The molecule has 0 bridgehead atoms. The van der Waals surface area contributed by atoms with Crippen LogP contribution in [0.5, 0.6) is 11.6 Å². The summed E-state index contributed by atoms with van der Waals surface area (Å²) in [6.45, 7) is 0. The zero-order chi connectivity index (χ0) is 19.7. The molecule has 2 aromatic rings. The summed E-state index contributed by atoms with van der Waals surface area (Å²) in [6.07, 6.45) is 2.54. The normalized spacial score (nSPS) is 14.9. The molecule has 0 spiro atoms. The van der Waals surface area contributed by atoms with Crippen LogP contribution in [0.15, 0.2) is 23.2 Å². The van der Waals surface area contributed by atoms with Crippen molar-refractivity contribution in [2.45, 2.75) is 12.5 Å². The molecule has 0 saturated carbocycles. The first-order valence-corrected chi connectivity index (χ1v) is 8.87. The monoisotopic (exact) mass is 406 g/mol. The molecule has 3 N–H and O–H groups in total. The molecular weight excluding hydrogens is 392 g/mol. The summed E-state index contributed by atoms with van der Waals surface area (Å²) in [5.74, 6) is -2.44. The highest BCUT2D eigenvalue weighted by Gasteiger charge is 2.28. The molecule has 2 heterocycles. The molecule has 10 heteroatoms. The van der Waals surface area contributed by atoms with Gasteiger partial charge in [-0.3, -0.25) is 14.4 Å². The van der Waals surface area contributed by atoms with Gasteiger partial charge in [0.25, 0.3) is 0 Å². The number of fused-ring (bicyclic) bond motifs is 1. The molecule has 1 aromatic heterocycles. The average Bonchev–Trinajstić information content (AvgIpc) is 3.13. The van der Waals surface area contributed by atoms with Crippen molar-refractivity contribution in [2.75, 3.05) is 7.11 Å². The Balaban J connectivity index is 2.05. The Hall–Kier alpha value is -2.98. The number of aliphatic imine (C=N–C) groups is 1. The van der Waals surface area contributed by atoms with Crippen LogP contribution in [0.25, 0.3) is 11.6 Å². The minimum Gasteiger partial charge on any atom is -0.497 e. The third kappa shape index (κ3) is 3.62. The fourth-order valence-electron chi connectivity index (χ4n) is 2.67. The Morgan fingerprint density at radius 1 is 1.41 bits per heavy atom. The van der Waals surface area contributed by atoms with Crippen LogP contribution in [-0.2, 0) is 9.59 Å². The number of hydrogen-bond acceptors (Lipinski definition) is 7. The van der Waals surface area contributed by atoms with Crippen molar-refractivity contribution in [3.8, 4) is 11.6 Å². The first-order chi connectivity index (χ1) is 12.8. The Kier molecular flexibility index (Phi) is 5.10. The zero-order valence-corrected chi connectivity index (χ0v) is 15.6. The van der Waals surface area contributed by atoms with Crippen molar-refractivity contribution in [3.05, 3.63) is 32.6 Å². The Morgan fingerprint density at radius 2 is 2.15 bits per heavy atom. The molecule has 1 atom stereocenters. The van der Waals surface area contributed by atoms with Gasteiger partial charge < -0.3 is 20.1 Å². The number of benzene rings is 1. The maximum absolute atomic E-state index is 11.4. The number of thiazole rings is 1. The molecule has 27 heavy (non-hydrogen) atoms. The molecule has 0 aliphatic carbocycles. The van der Waals surface area contributed by atoms with Gasteiger partial charge in [-0.05, 0) is 36.5 Å². The molecule has 0 amide bonds. The van der Waals surface area contributed by atoms with Gasteiger partial charge in [0.05, 0.1) is 24.1 Å². The zero-order valence-electron chi connectivity index (χ0n) is 13.9. The molecule has 3 rings (SSSR count). The Morgan fingerprint density at radius 3 is 2.78 bits per heavy atom. The molecule has 1 unspecified atom stereocenters. The minimum atomic E-state index is -1.50. The van der Waals surface area contributed by atoms with E-state index in [2.05, 4.69) is 4.99 Å². The van der Waals surface area contributed by atoms with E-state index in [9.17, 15) is 19.8 Å². The summed E-state index contributed by atoms with van der Waals surface area (Å²) in [7, 11) is 1.55. The highest BCUT2D eigenvalue weighted by molar-refractivity contribution is 7.73. The maximum Gasteiger partial charge on any atom is 0.327 e. The number of carbonyl (C=O) groups is 2. The van der Waals surface area contributed by atoms with Crippen LogP contribution < -0.4 is 4.74 Å². The molecule has 1 aromatic carbocycles. The number of aliphatic carboxylic acids is 2. The van der Waals surface area contributed by atoms with Crippen LogP contribution >= 0.6 is 23.6 Å². The fourth-order valence-corrected chi connectivity index (χ4v) is 4.03. The second kappa shape index (κ2) is 7.33. The number of ether oxygens (including phenoxy) is 1. The molecule has 1 aliphatic heterocycles. The van der Waals surface area contributed by atoms with E-state index < -0.39 is 30.3 Å². The van der Waals surface area contributed by atoms with Crippen molar-refractivity contribution < 1.29 is 29.6 Å². The molecule has 8 nitrogen and oxygen atoms in total. The summed E-state index contributed by atoms with van der Waals surface area (Å²) in [5.41, 5.74) is 2.21. The molecular formula is C17H14N2O6S2. The first-order valence-electron chi connectivity index (χ1n) is 7.65. The van der Waals surface area contributed by atoms with Gasteiger partial charge in [0.2, 0.25) is 5.88 Å². The van der Waals surface area contributed by atoms with Crippen LogP contribution in [0.3, 0.4) is 0 Å². The average molecular weight is 406 g/mol. The van der Waals surface area contributed by atoms with E-state index in [-0.39, 0.29) is 3.95 Å². The van der Waals surface area contributed by atoms with Gasteiger partial charge in [-0.25, -0.2) is 4.79 Å². The second-order valence-electron chi connectivity index (χ2n) is 5.62. The van der Waals surface area contributed by atoms with Crippen molar-refractivity contribution in [1.29, 1.82) is 0 Å². The topological polar surface area (TPSA) is 121 Å². The van der Waals surface area contributed by atoms with Crippen LogP contribution in [0.4, 0.5) is 5.69 Å². The number of rotatable bonds is 6. The number of nitrogens with zero attached hydrogens (tertiary/aromatic N) is 2. The lowest BCUT2D eigenvalue weighted by Crippen LogP contribution is -2.22. The van der Waals surface area contributed by atoms with Gasteiger partial charge in [0.15, 0.2) is 3.95 Å². The van der Waals surface area contributed by atoms with E-state index in [0.717, 1.165) is 27.2 Å². The Labute approximate surface area is 162 Å². The number of aromatic hydroxyl groups is 1. The Bertz CT molecular complexity index is 1050. The van der Waals surface area contributed by atoms with Crippen molar-refractivity contribution in [2.24, 2.45) is 4.99 Å². The van der Waals surface area contributed by atoms with Crippen molar-refractivity contribution >= 4 is 59.0 Å². The fraction of sp³-hybridized carbons (Fsp3) is 0.176. The lowest BCUT2D eigenvalue weighted by atomic mass is 10.1. The van der Waals surface area contributed by atoms with Crippen LogP contribution in [0.2, 0.25) is 0 Å². The number of carboxylic acids is 2.